The van der Waals surface area contributed by atoms with Crippen LogP contribution in [0.3, 0.4) is 0 Å². The molecular formula is C21H28N2O6. The van der Waals surface area contributed by atoms with Gasteiger partial charge in [0.15, 0.2) is 0 Å². The standard InChI is InChI=1S/C21H28N2O6/c1-20(2,3)28-18(25)23(19(26)29-21(4,5)6)16(17(24)27-7)12-14-8-10-15(13-22)11-9-14/h8-11,16H,12H2,1-7H3. The van der Waals surface area contributed by atoms with Gasteiger partial charge in [0.25, 0.3) is 0 Å². The number of hydrogen-bond acceptors (Lipinski definition) is 7. The molecule has 29 heavy (non-hydrogen) atoms. The SMILES string of the molecule is COC(=O)C(Cc1ccc(C#N)cc1)N(C(=O)OC(C)(C)C)C(=O)OC(C)(C)C. The number of carbonyl (C=O) groups excluding carboxylic acids is 3. The number of nitriles is 1. The molecule has 158 valence electrons. The van der Waals surface area contributed by atoms with Crippen LogP contribution in [0.2, 0.25) is 0 Å². The molecule has 0 aliphatic heterocycles. The summed E-state index contributed by atoms with van der Waals surface area (Å²) in [5, 5.41) is 8.93. The Morgan fingerprint density at radius 2 is 1.41 bits per heavy atom. The zero-order valence-corrected chi connectivity index (χ0v) is 17.9. The Morgan fingerprint density at radius 1 is 0.966 bits per heavy atom. The molecular weight excluding hydrogens is 376 g/mol. The van der Waals surface area contributed by atoms with Gasteiger partial charge in [-0.15, -0.1) is 0 Å². The average Bonchev–Trinajstić information content (AvgIpc) is 2.58. The highest BCUT2D eigenvalue weighted by atomic mass is 16.6. The molecule has 0 aromatic heterocycles. The van der Waals surface area contributed by atoms with Crippen molar-refractivity contribution >= 4 is 18.2 Å². The maximum Gasteiger partial charge on any atom is 0.420 e. The molecule has 1 unspecified atom stereocenters. The van der Waals surface area contributed by atoms with Crippen LogP contribution < -0.4 is 0 Å². The third-order valence-corrected chi connectivity index (χ3v) is 3.48. The van der Waals surface area contributed by atoms with E-state index in [0.29, 0.717) is 16.0 Å². The Hall–Kier alpha value is -3.08. The molecule has 0 aliphatic rings. The first-order valence-electron chi connectivity index (χ1n) is 9.09. The quantitative estimate of drug-likeness (QED) is 0.555. The topological polar surface area (TPSA) is 106 Å². The highest BCUT2D eigenvalue weighted by Gasteiger charge is 2.41. The molecule has 0 bridgehead atoms. The van der Waals surface area contributed by atoms with Crippen LogP contribution in [0.15, 0.2) is 24.3 Å². The molecule has 2 amide bonds. The van der Waals surface area contributed by atoms with Crippen LogP contribution >= 0.6 is 0 Å². The van der Waals surface area contributed by atoms with E-state index >= 15 is 0 Å². The monoisotopic (exact) mass is 404 g/mol. The summed E-state index contributed by atoms with van der Waals surface area (Å²) in [4.78, 5) is 38.7. The lowest BCUT2D eigenvalue weighted by atomic mass is 10.0. The van der Waals surface area contributed by atoms with E-state index < -0.39 is 35.4 Å². The van der Waals surface area contributed by atoms with Crippen LogP contribution in [-0.2, 0) is 25.4 Å². The van der Waals surface area contributed by atoms with Crippen molar-refractivity contribution in [1.29, 1.82) is 5.26 Å². The lowest BCUT2D eigenvalue weighted by Crippen LogP contribution is -2.53. The molecule has 1 aromatic rings. The number of ether oxygens (including phenoxy) is 3. The zero-order chi connectivity index (χ0) is 22.4. The fourth-order valence-corrected chi connectivity index (χ4v) is 2.31. The van der Waals surface area contributed by atoms with Crippen LogP contribution in [0.5, 0.6) is 0 Å². The Labute approximate surface area is 171 Å². The van der Waals surface area contributed by atoms with Crippen LogP contribution in [0.4, 0.5) is 9.59 Å². The van der Waals surface area contributed by atoms with E-state index in [1.807, 2.05) is 6.07 Å². The number of hydrogen-bond donors (Lipinski definition) is 0. The van der Waals surface area contributed by atoms with Crippen molar-refractivity contribution in [2.75, 3.05) is 7.11 Å². The largest absolute Gasteiger partial charge is 0.467 e. The number of imide groups is 1. The molecule has 0 aliphatic carbocycles. The third kappa shape index (κ3) is 7.82. The summed E-state index contributed by atoms with van der Waals surface area (Å²) in [6.07, 6.45) is -2.07. The van der Waals surface area contributed by atoms with Gasteiger partial charge in [0, 0.05) is 6.42 Å². The minimum absolute atomic E-state index is 0.0309. The summed E-state index contributed by atoms with van der Waals surface area (Å²) in [5.41, 5.74) is -0.727. The predicted molar refractivity (Wildman–Crippen MR) is 105 cm³/mol. The normalized spacial score (nSPS) is 12.3. The van der Waals surface area contributed by atoms with Gasteiger partial charge in [-0.05, 0) is 59.2 Å². The van der Waals surface area contributed by atoms with Gasteiger partial charge in [0.2, 0.25) is 0 Å². The fraction of sp³-hybridized carbons (Fsp3) is 0.524. The molecule has 1 atom stereocenters. The van der Waals surface area contributed by atoms with Gasteiger partial charge in [0.05, 0.1) is 18.7 Å². The van der Waals surface area contributed by atoms with E-state index in [1.165, 1.54) is 0 Å². The Balaban J connectivity index is 3.33. The summed E-state index contributed by atoms with van der Waals surface area (Å²) in [7, 11) is 1.16. The minimum atomic E-state index is -1.31. The summed E-state index contributed by atoms with van der Waals surface area (Å²) in [6.45, 7) is 9.87. The van der Waals surface area contributed by atoms with Gasteiger partial charge >= 0.3 is 18.2 Å². The Bertz CT molecular complexity index is 753. The van der Waals surface area contributed by atoms with Crippen molar-refractivity contribution in [1.82, 2.24) is 4.90 Å². The summed E-state index contributed by atoms with van der Waals surface area (Å²) in [6, 6.07) is 7.12. The van der Waals surface area contributed by atoms with Crippen LogP contribution in [0.1, 0.15) is 52.7 Å². The molecule has 0 radical (unpaired) electrons. The van der Waals surface area contributed by atoms with E-state index in [9.17, 15) is 14.4 Å². The Kier molecular flexibility index (Phi) is 7.78. The molecule has 0 fully saturated rings. The number of benzene rings is 1. The number of carbonyl (C=O) groups is 3. The number of amides is 2. The van der Waals surface area contributed by atoms with Gasteiger partial charge in [-0.1, -0.05) is 12.1 Å². The number of nitrogens with zero attached hydrogens (tertiary/aromatic N) is 2. The summed E-state index contributed by atoms with van der Waals surface area (Å²) >= 11 is 0. The van der Waals surface area contributed by atoms with E-state index in [2.05, 4.69) is 0 Å². The highest BCUT2D eigenvalue weighted by molar-refractivity contribution is 5.94. The molecule has 0 saturated carbocycles. The average molecular weight is 404 g/mol. The lowest BCUT2D eigenvalue weighted by molar-refractivity contribution is -0.146. The molecule has 1 rings (SSSR count). The fourth-order valence-electron chi connectivity index (χ4n) is 2.31. The predicted octanol–water partition coefficient (Wildman–Crippen LogP) is 3.81. The van der Waals surface area contributed by atoms with Gasteiger partial charge in [-0.3, -0.25) is 0 Å². The lowest BCUT2D eigenvalue weighted by Gasteiger charge is -2.32. The minimum Gasteiger partial charge on any atom is -0.467 e. The molecule has 0 saturated heterocycles. The maximum atomic E-state index is 12.8. The van der Waals surface area contributed by atoms with Gasteiger partial charge < -0.3 is 14.2 Å². The number of rotatable bonds is 4. The summed E-state index contributed by atoms with van der Waals surface area (Å²) < 4.78 is 15.5. The molecule has 1 aromatic carbocycles. The number of methoxy groups -OCH3 is 1. The molecule has 0 heterocycles. The van der Waals surface area contributed by atoms with Crippen molar-refractivity contribution in [2.24, 2.45) is 0 Å². The van der Waals surface area contributed by atoms with Gasteiger partial charge in [0.1, 0.15) is 17.2 Å². The molecule has 0 spiro atoms. The van der Waals surface area contributed by atoms with Crippen LogP contribution in [0, 0.1) is 11.3 Å². The van der Waals surface area contributed by atoms with Crippen molar-refractivity contribution in [3.8, 4) is 6.07 Å². The second-order valence-electron chi connectivity index (χ2n) is 8.38. The van der Waals surface area contributed by atoms with Crippen molar-refractivity contribution in [2.45, 2.75) is 65.2 Å². The first-order valence-corrected chi connectivity index (χ1v) is 9.09. The van der Waals surface area contributed by atoms with Crippen molar-refractivity contribution < 1.29 is 28.6 Å². The van der Waals surface area contributed by atoms with E-state index in [4.69, 9.17) is 19.5 Å². The van der Waals surface area contributed by atoms with E-state index in [0.717, 1.165) is 7.11 Å². The first-order chi connectivity index (χ1) is 13.3. The van der Waals surface area contributed by atoms with Gasteiger partial charge in [-0.25, -0.2) is 14.4 Å². The molecule has 8 nitrogen and oxygen atoms in total. The maximum absolute atomic E-state index is 12.8. The van der Waals surface area contributed by atoms with Gasteiger partial charge in [-0.2, -0.15) is 10.2 Å². The third-order valence-electron chi connectivity index (χ3n) is 3.48. The smallest absolute Gasteiger partial charge is 0.420 e. The second-order valence-corrected chi connectivity index (χ2v) is 8.38. The highest BCUT2D eigenvalue weighted by Crippen LogP contribution is 2.20. The zero-order valence-electron chi connectivity index (χ0n) is 17.9. The first kappa shape index (κ1) is 24.0. The molecule has 0 N–H and O–H groups in total. The number of esters is 1. The van der Waals surface area contributed by atoms with Crippen molar-refractivity contribution in [3.05, 3.63) is 35.4 Å². The van der Waals surface area contributed by atoms with E-state index in [1.54, 1.807) is 65.8 Å². The van der Waals surface area contributed by atoms with E-state index in [-0.39, 0.29) is 6.42 Å². The van der Waals surface area contributed by atoms with Crippen LogP contribution in [0.25, 0.3) is 0 Å². The Morgan fingerprint density at radius 3 is 1.76 bits per heavy atom. The molecule has 8 heteroatoms. The summed E-state index contributed by atoms with van der Waals surface area (Å²) in [5.74, 6) is -0.800. The van der Waals surface area contributed by atoms with Crippen LogP contribution in [-0.4, -0.2) is 47.4 Å². The second kappa shape index (κ2) is 9.41. The van der Waals surface area contributed by atoms with Crippen molar-refractivity contribution in [3.63, 3.8) is 0 Å².